The first-order valence-corrected chi connectivity index (χ1v) is 5.05. The van der Waals surface area contributed by atoms with Crippen LogP contribution in [0.3, 0.4) is 0 Å². The molecule has 1 heterocycles. The van der Waals surface area contributed by atoms with Crippen LogP contribution in [0, 0.1) is 0 Å². The first-order valence-electron chi connectivity index (χ1n) is 5.05. The number of likely N-dealkylation sites (N-methyl/N-ethyl adjacent to an activating group) is 1. The van der Waals surface area contributed by atoms with Crippen molar-refractivity contribution >= 4 is 0 Å². The molecule has 0 bridgehead atoms. The summed E-state index contributed by atoms with van der Waals surface area (Å²) in [6.07, 6.45) is 3.44. The maximum absolute atomic E-state index is 9.02. The van der Waals surface area contributed by atoms with Gasteiger partial charge in [-0.05, 0) is 7.05 Å². The predicted octanol–water partition coefficient (Wildman–Crippen LogP) is -0.0464. The molecule has 1 N–H and O–H groups in total. The van der Waals surface area contributed by atoms with Crippen LogP contribution in [0.2, 0.25) is 0 Å². The minimum absolute atomic E-state index is 0.0434. The van der Waals surface area contributed by atoms with Gasteiger partial charge >= 0.3 is 0 Å². The van der Waals surface area contributed by atoms with Crippen molar-refractivity contribution < 1.29 is 9.84 Å². The van der Waals surface area contributed by atoms with E-state index in [4.69, 9.17) is 9.84 Å². The quantitative estimate of drug-likeness (QED) is 0.690. The van der Waals surface area contributed by atoms with Gasteiger partial charge in [0.1, 0.15) is 0 Å². The Bertz CT molecular complexity index is 275. The molecule has 1 aromatic heterocycles. The Kier molecular flexibility index (Phi) is 5.31. The van der Waals surface area contributed by atoms with E-state index >= 15 is 0 Å². The molecule has 5 heteroatoms. The first kappa shape index (κ1) is 12.2. The summed E-state index contributed by atoms with van der Waals surface area (Å²) in [6.45, 7) is 3.47. The molecule has 1 aromatic rings. The molecule has 0 aromatic carbocycles. The van der Waals surface area contributed by atoms with Crippen LogP contribution >= 0.6 is 0 Å². The average molecular weight is 213 g/mol. The van der Waals surface area contributed by atoms with Crippen LogP contribution in [0.1, 0.15) is 5.69 Å². The maximum atomic E-state index is 9.02. The molecule has 0 aliphatic carbocycles. The zero-order valence-corrected chi connectivity index (χ0v) is 9.39. The molecule has 0 amide bonds. The van der Waals surface area contributed by atoms with E-state index in [1.54, 1.807) is 19.6 Å². The van der Waals surface area contributed by atoms with Crippen LogP contribution in [-0.4, -0.2) is 53.4 Å². The highest BCUT2D eigenvalue weighted by atomic mass is 16.5. The van der Waals surface area contributed by atoms with Crippen molar-refractivity contribution in [3.63, 3.8) is 0 Å². The number of methoxy groups -OCH3 is 1. The van der Waals surface area contributed by atoms with E-state index in [9.17, 15) is 0 Å². The lowest BCUT2D eigenvalue weighted by atomic mass is 10.4. The summed E-state index contributed by atoms with van der Waals surface area (Å²) >= 11 is 0. The number of aliphatic hydroxyl groups is 1. The van der Waals surface area contributed by atoms with Gasteiger partial charge in [-0.3, -0.25) is 0 Å². The first-order chi connectivity index (χ1) is 7.27. The Labute approximate surface area is 90.3 Å². The molecule has 5 nitrogen and oxygen atoms in total. The van der Waals surface area contributed by atoms with Crippen LogP contribution < -0.4 is 0 Å². The molecule has 0 spiro atoms. The monoisotopic (exact) mass is 213 g/mol. The van der Waals surface area contributed by atoms with Gasteiger partial charge in [0.15, 0.2) is 0 Å². The van der Waals surface area contributed by atoms with Crippen molar-refractivity contribution in [3.05, 3.63) is 18.2 Å². The highest BCUT2D eigenvalue weighted by molar-refractivity contribution is 4.95. The Morgan fingerprint density at radius 1 is 1.53 bits per heavy atom. The Hall–Kier alpha value is -0.910. The van der Waals surface area contributed by atoms with E-state index in [-0.39, 0.29) is 6.61 Å². The number of rotatable bonds is 7. The minimum Gasteiger partial charge on any atom is -0.390 e. The number of aliphatic hydroxyl groups excluding tert-OH is 1. The molecule has 0 unspecified atom stereocenters. The smallest absolute Gasteiger partial charge is 0.0949 e. The van der Waals surface area contributed by atoms with E-state index < -0.39 is 0 Å². The van der Waals surface area contributed by atoms with Gasteiger partial charge in [0.05, 0.1) is 31.4 Å². The summed E-state index contributed by atoms with van der Waals surface area (Å²) < 4.78 is 6.96. The van der Waals surface area contributed by atoms with E-state index in [2.05, 4.69) is 16.9 Å². The fourth-order valence-electron chi connectivity index (χ4n) is 1.32. The Balaban J connectivity index is 2.30. The second-order valence-corrected chi connectivity index (χ2v) is 3.53. The highest BCUT2D eigenvalue weighted by Gasteiger charge is 2.02. The summed E-state index contributed by atoms with van der Waals surface area (Å²) in [5.74, 6) is 0. The van der Waals surface area contributed by atoms with Crippen LogP contribution in [0.15, 0.2) is 12.5 Å². The minimum atomic E-state index is 0.0434. The summed E-state index contributed by atoms with van der Waals surface area (Å²) in [6, 6.07) is 0. The van der Waals surface area contributed by atoms with E-state index in [1.165, 1.54) is 0 Å². The molecular weight excluding hydrogens is 194 g/mol. The number of hydrogen-bond donors (Lipinski definition) is 1. The lowest BCUT2D eigenvalue weighted by Crippen LogP contribution is -2.27. The van der Waals surface area contributed by atoms with Crippen molar-refractivity contribution in [3.8, 4) is 0 Å². The number of aromatic nitrogens is 2. The van der Waals surface area contributed by atoms with Gasteiger partial charge < -0.3 is 19.3 Å². The zero-order valence-electron chi connectivity index (χ0n) is 9.39. The van der Waals surface area contributed by atoms with Crippen molar-refractivity contribution in [2.75, 3.05) is 33.9 Å². The van der Waals surface area contributed by atoms with Crippen molar-refractivity contribution in [1.29, 1.82) is 0 Å². The van der Waals surface area contributed by atoms with Crippen molar-refractivity contribution in [2.24, 2.45) is 0 Å². The third kappa shape index (κ3) is 3.99. The summed E-state index contributed by atoms with van der Waals surface area (Å²) in [4.78, 5) is 6.18. The average Bonchev–Trinajstić information content (AvgIpc) is 2.70. The van der Waals surface area contributed by atoms with Crippen LogP contribution in [-0.2, 0) is 17.9 Å². The van der Waals surface area contributed by atoms with Gasteiger partial charge in [0, 0.05) is 26.7 Å². The third-order valence-electron chi connectivity index (χ3n) is 2.36. The normalized spacial score (nSPS) is 11.2. The molecule has 0 aliphatic heterocycles. The van der Waals surface area contributed by atoms with E-state index in [1.807, 2.05) is 4.57 Å². The highest BCUT2D eigenvalue weighted by Crippen LogP contribution is 1.99. The molecule has 0 saturated heterocycles. The lowest BCUT2D eigenvalue weighted by molar-refractivity contribution is 0.159. The summed E-state index contributed by atoms with van der Waals surface area (Å²) in [5.41, 5.74) is 0.857. The molecule has 0 aliphatic rings. The Morgan fingerprint density at radius 2 is 2.33 bits per heavy atom. The molecule has 0 saturated carbocycles. The molecule has 0 atom stereocenters. The molecule has 1 rings (SSSR count). The molecule has 0 fully saturated rings. The van der Waals surface area contributed by atoms with Crippen molar-refractivity contribution in [1.82, 2.24) is 14.5 Å². The largest absolute Gasteiger partial charge is 0.390 e. The van der Waals surface area contributed by atoms with Crippen LogP contribution in [0.4, 0.5) is 0 Å². The number of ether oxygens (including phenoxy) is 1. The molecule has 86 valence electrons. The van der Waals surface area contributed by atoms with Gasteiger partial charge in [-0.2, -0.15) is 0 Å². The van der Waals surface area contributed by atoms with Crippen LogP contribution in [0.25, 0.3) is 0 Å². The fraction of sp³-hybridized carbons (Fsp3) is 0.700. The number of nitrogens with zero attached hydrogens (tertiary/aromatic N) is 3. The van der Waals surface area contributed by atoms with Gasteiger partial charge in [-0.15, -0.1) is 0 Å². The van der Waals surface area contributed by atoms with Gasteiger partial charge in [-0.1, -0.05) is 0 Å². The topological polar surface area (TPSA) is 50.5 Å². The SMILES string of the molecule is COCCN(C)CCn1cncc1CO. The third-order valence-corrected chi connectivity index (χ3v) is 2.36. The van der Waals surface area contributed by atoms with E-state index in [0.717, 1.165) is 31.9 Å². The van der Waals surface area contributed by atoms with E-state index in [0.29, 0.717) is 0 Å². The van der Waals surface area contributed by atoms with Crippen molar-refractivity contribution in [2.45, 2.75) is 13.2 Å². The summed E-state index contributed by atoms with van der Waals surface area (Å²) in [7, 11) is 3.75. The van der Waals surface area contributed by atoms with Gasteiger partial charge in [0.2, 0.25) is 0 Å². The second-order valence-electron chi connectivity index (χ2n) is 3.53. The fourth-order valence-corrected chi connectivity index (χ4v) is 1.32. The lowest BCUT2D eigenvalue weighted by Gasteiger charge is -2.16. The number of hydrogen-bond acceptors (Lipinski definition) is 4. The molecule has 0 radical (unpaired) electrons. The molecular formula is C10H19N3O2. The van der Waals surface area contributed by atoms with Gasteiger partial charge in [0.25, 0.3) is 0 Å². The van der Waals surface area contributed by atoms with Gasteiger partial charge in [-0.25, -0.2) is 4.98 Å². The second kappa shape index (κ2) is 6.55. The standard InChI is InChI=1S/C10H19N3O2/c1-12(5-6-15-2)3-4-13-9-11-7-10(13)8-14/h7,9,14H,3-6,8H2,1-2H3. The zero-order chi connectivity index (χ0) is 11.1. The number of imidazole rings is 1. The summed E-state index contributed by atoms with van der Waals surface area (Å²) in [5, 5.41) is 9.02. The predicted molar refractivity (Wildman–Crippen MR) is 57.5 cm³/mol. The van der Waals surface area contributed by atoms with Crippen LogP contribution in [0.5, 0.6) is 0 Å². The maximum Gasteiger partial charge on any atom is 0.0949 e. The Morgan fingerprint density at radius 3 is 3.00 bits per heavy atom. The molecule has 15 heavy (non-hydrogen) atoms.